The molecule has 4 nitrogen and oxygen atoms in total. The van der Waals surface area contributed by atoms with Gasteiger partial charge in [0.05, 0.1) is 6.61 Å². The highest BCUT2D eigenvalue weighted by atomic mass is 79.9. The van der Waals surface area contributed by atoms with E-state index in [4.69, 9.17) is 4.74 Å². The van der Waals surface area contributed by atoms with Crippen LogP contribution in [0.25, 0.3) is 0 Å². The zero-order valence-corrected chi connectivity index (χ0v) is 13.9. The number of rotatable bonds is 2. The second-order valence-electron chi connectivity index (χ2n) is 5.90. The minimum atomic E-state index is 0.251. The fourth-order valence-electron chi connectivity index (χ4n) is 3.15. The fraction of sp³-hybridized carbons (Fsp3) is 0.562. The van der Waals surface area contributed by atoms with Crippen LogP contribution in [0.2, 0.25) is 0 Å². The van der Waals surface area contributed by atoms with Gasteiger partial charge in [-0.1, -0.05) is 22.0 Å². The lowest BCUT2D eigenvalue weighted by Gasteiger charge is -2.33. The van der Waals surface area contributed by atoms with Gasteiger partial charge in [0.2, 0.25) is 5.91 Å². The molecule has 1 saturated heterocycles. The Morgan fingerprint density at radius 1 is 1.38 bits per heavy atom. The maximum absolute atomic E-state index is 11.6. The fourth-order valence-corrected chi connectivity index (χ4v) is 3.49. The molecule has 0 bridgehead atoms. The number of hydrogen-bond donors (Lipinski definition) is 1. The van der Waals surface area contributed by atoms with Crippen LogP contribution in [-0.4, -0.2) is 37.0 Å². The van der Waals surface area contributed by atoms with Crippen molar-refractivity contribution >= 4 is 21.8 Å². The number of benzene rings is 1. The quantitative estimate of drug-likeness (QED) is 0.889. The second-order valence-corrected chi connectivity index (χ2v) is 6.82. The van der Waals surface area contributed by atoms with Crippen molar-refractivity contribution in [2.45, 2.75) is 37.8 Å². The lowest BCUT2D eigenvalue weighted by atomic mass is 9.98. The van der Waals surface area contributed by atoms with E-state index in [2.05, 4.69) is 33.4 Å². The monoisotopic (exact) mass is 352 g/mol. The Morgan fingerprint density at radius 3 is 3.05 bits per heavy atom. The molecule has 1 aromatic carbocycles. The van der Waals surface area contributed by atoms with Crippen LogP contribution < -0.4 is 10.1 Å². The predicted octanol–water partition coefficient (Wildman–Crippen LogP) is 2.87. The zero-order valence-electron chi connectivity index (χ0n) is 12.3. The van der Waals surface area contributed by atoms with Crippen LogP contribution in [0.4, 0.5) is 0 Å². The number of likely N-dealkylation sites (N-methyl/N-ethyl adjacent to an activating group) is 1. The Labute approximate surface area is 134 Å². The molecule has 1 amide bonds. The van der Waals surface area contributed by atoms with Crippen molar-refractivity contribution in [3.63, 3.8) is 0 Å². The molecule has 1 fully saturated rings. The number of amides is 1. The molecule has 21 heavy (non-hydrogen) atoms. The first-order valence-corrected chi connectivity index (χ1v) is 8.35. The third-order valence-electron chi connectivity index (χ3n) is 4.31. The molecule has 0 radical (unpaired) electrons. The highest BCUT2D eigenvalue weighted by molar-refractivity contribution is 9.10. The lowest BCUT2D eigenvalue weighted by Crippen LogP contribution is -2.47. The summed E-state index contributed by atoms with van der Waals surface area (Å²) in [4.78, 5) is 13.4. The number of ether oxygens (including phenoxy) is 1. The third-order valence-corrected chi connectivity index (χ3v) is 4.80. The minimum absolute atomic E-state index is 0.251. The Hall–Kier alpha value is -1.07. The van der Waals surface area contributed by atoms with Crippen LogP contribution in [0.3, 0.4) is 0 Å². The molecule has 114 valence electrons. The van der Waals surface area contributed by atoms with Gasteiger partial charge in [0.25, 0.3) is 0 Å². The Bertz CT molecular complexity index is 535. The highest BCUT2D eigenvalue weighted by Crippen LogP contribution is 2.34. The van der Waals surface area contributed by atoms with Gasteiger partial charge < -0.3 is 15.0 Å². The molecule has 1 N–H and O–H groups in total. The van der Waals surface area contributed by atoms with Gasteiger partial charge >= 0.3 is 0 Å². The standard InChI is InChI=1S/C16H21BrN2O2/c1-19-10-12(5-7-16(19)20)18-14-3-2-8-21-15-9-11(17)4-6-13(14)15/h4,6,9,12,14,18H,2-3,5,7-8,10H2,1H3. The van der Waals surface area contributed by atoms with E-state index >= 15 is 0 Å². The second kappa shape index (κ2) is 6.36. The van der Waals surface area contributed by atoms with Gasteiger partial charge in [-0.25, -0.2) is 0 Å². The number of nitrogens with one attached hydrogen (secondary N) is 1. The third kappa shape index (κ3) is 3.40. The number of hydrogen-bond acceptors (Lipinski definition) is 3. The van der Waals surface area contributed by atoms with E-state index in [0.29, 0.717) is 18.5 Å². The molecular weight excluding hydrogens is 332 g/mol. The van der Waals surface area contributed by atoms with Gasteiger partial charge in [0.15, 0.2) is 0 Å². The molecule has 2 unspecified atom stereocenters. The molecule has 2 aliphatic heterocycles. The first-order chi connectivity index (χ1) is 10.1. The number of carbonyl (C=O) groups excluding carboxylic acids is 1. The summed E-state index contributed by atoms with van der Waals surface area (Å²) < 4.78 is 6.90. The molecule has 1 aromatic rings. The van der Waals surface area contributed by atoms with E-state index in [0.717, 1.165) is 42.6 Å². The van der Waals surface area contributed by atoms with Gasteiger partial charge in [-0.15, -0.1) is 0 Å². The van der Waals surface area contributed by atoms with Crippen LogP contribution in [0.1, 0.15) is 37.3 Å². The van der Waals surface area contributed by atoms with Crippen LogP contribution in [0.15, 0.2) is 22.7 Å². The Kier molecular flexibility index (Phi) is 4.50. The van der Waals surface area contributed by atoms with Crippen LogP contribution in [0.5, 0.6) is 5.75 Å². The number of halogens is 1. The van der Waals surface area contributed by atoms with E-state index in [9.17, 15) is 4.79 Å². The molecule has 0 aromatic heterocycles. The average molecular weight is 353 g/mol. The van der Waals surface area contributed by atoms with Crippen molar-refractivity contribution in [1.29, 1.82) is 0 Å². The van der Waals surface area contributed by atoms with Crippen molar-refractivity contribution < 1.29 is 9.53 Å². The normalized spacial score (nSPS) is 26.0. The van der Waals surface area contributed by atoms with E-state index in [1.165, 1.54) is 5.56 Å². The summed E-state index contributed by atoms with van der Waals surface area (Å²) in [5.74, 6) is 1.22. The summed E-state index contributed by atoms with van der Waals surface area (Å²) in [6.07, 6.45) is 3.69. The molecule has 2 aliphatic rings. The van der Waals surface area contributed by atoms with Crippen LogP contribution in [-0.2, 0) is 4.79 Å². The van der Waals surface area contributed by atoms with Crippen molar-refractivity contribution in [2.24, 2.45) is 0 Å². The Morgan fingerprint density at radius 2 is 2.24 bits per heavy atom. The predicted molar refractivity (Wildman–Crippen MR) is 85.4 cm³/mol. The van der Waals surface area contributed by atoms with Gasteiger partial charge in [-0.3, -0.25) is 4.79 Å². The SMILES string of the molecule is CN1CC(NC2CCCOc3cc(Br)ccc32)CCC1=O. The summed E-state index contributed by atoms with van der Waals surface area (Å²) in [5.41, 5.74) is 1.23. The van der Waals surface area contributed by atoms with E-state index in [1.807, 2.05) is 18.0 Å². The molecular formula is C16H21BrN2O2. The molecule has 0 aliphatic carbocycles. The first kappa shape index (κ1) is 14.9. The summed E-state index contributed by atoms with van der Waals surface area (Å²) in [5, 5.41) is 3.74. The molecule has 0 saturated carbocycles. The summed E-state index contributed by atoms with van der Waals surface area (Å²) in [6, 6.07) is 6.93. The minimum Gasteiger partial charge on any atom is -0.493 e. The molecule has 2 heterocycles. The van der Waals surface area contributed by atoms with Gasteiger partial charge in [-0.05, 0) is 31.4 Å². The average Bonchev–Trinajstić information content (AvgIpc) is 2.65. The zero-order chi connectivity index (χ0) is 14.8. The number of carbonyl (C=O) groups is 1. The van der Waals surface area contributed by atoms with Crippen molar-refractivity contribution in [3.8, 4) is 5.75 Å². The molecule has 3 rings (SSSR count). The largest absolute Gasteiger partial charge is 0.493 e. The Balaban J connectivity index is 1.75. The van der Waals surface area contributed by atoms with Gasteiger partial charge in [0.1, 0.15) is 5.75 Å². The molecule has 2 atom stereocenters. The van der Waals surface area contributed by atoms with E-state index < -0.39 is 0 Å². The number of likely N-dealkylation sites (tertiary alicyclic amines) is 1. The van der Waals surface area contributed by atoms with Crippen LogP contribution >= 0.6 is 15.9 Å². The smallest absolute Gasteiger partial charge is 0.222 e. The lowest BCUT2D eigenvalue weighted by molar-refractivity contribution is -0.132. The first-order valence-electron chi connectivity index (χ1n) is 7.56. The highest BCUT2D eigenvalue weighted by Gasteiger charge is 2.27. The van der Waals surface area contributed by atoms with Crippen molar-refractivity contribution in [1.82, 2.24) is 10.2 Å². The maximum Gasteiger partial charge on any atom is 0.222 e. The summed E-state index contributed by atoms with van der Waals surface area (Å²) >= 11 is 3.50. The van der Waals surface area contributed by atoms with E-state index in [-0.39, 0.29) is 5.91 Å². The molecule has 5 heteroatoms. The topological polar surface area (TPSA) is 41.6 Å². The van der Waals surface area contributed by atoms with E-state index in [1.54, 1.807) is 0 Å². The summed E-state index contributed by atoms with van der Waals surface area (Å²) in [6.45, 7) is 1.56. The summed E-state index contributed by atoms with van der Waals surface area (Å²) in [7, 11) is 1.89. The number of piperidine rings is 1. The van der Waals surface area contributed by atoms with Crippen LogP contribution in [0, 0.1) is 0 Å². The van der Waals surface area contributed by atoms with Gasteiger partial charge in [-0.2, -0.15) is 0 Å². The number of fused-ring (bicyclic) bond motifs is 1. The maximum atomic E-state index is 11.6. The number of nitrogens with zero attached hydrogens (tertiary/aromatic N) is 1. The molecule has 0 spiro atoms. The van der Waals surface area contributed by atoms with Crippen molar-refractivity contribution in [2.75, 3.05) is 20.2 Å². The van der Waals surface area contributed by atoms with Crippen molar-refractivity contribution in [3.05, 3.63) is 28.2 Å². The van der Waals surface area contributed by atoms with Gasteiger partial charge in [0, 0.05) is 42.1 Å².